The molecule has 8 nitrogen and oxygen atoms in total. The number of morpholine rings is 1. The molecule has 2 aromatic rings. The Bertz CT molecular complexity index is 919. The number of hydrogen-bond donors (Lipinski definition) is 1. The molecule has 0 spiro atoms. The van der Waals surface area contributed by atoms with Crippen LogP contribution < -0.4 is 5.32 Å². The van der Waals surface area contributed by atoms with Crippen LogP contribution in [0.5, 0.6) is 0 Å². The molecule has 2 amide bonds. The highest BCUT2D eigenvalue weighted by molar-refractivity contribution is 7.19. The number of carbonyl (C=O) groups is 2. The first-order valence-corrected chi connectivity index (χ1v) is 10.4. The first-order valence-electron chi connectivity index (χ1n) is 9.55. The zero-order valence-corrected chi connectivity index (χ0v) is 18.1. The smallest absolute Gasteiger partial charge is 0.274 e. The van der Waals surface area contributed by atoms with Gasteiger partial charge in [-0.2, -0.15) is 5.10 Å². The summed E-state index contributed by atoms with van der Waals surface area (Å²) in [5, 5.41) is 7.91. The second kappa shape index (κ2) is 8.46. The number of aryl methyl sites for hydroxylation is 1. The average molecular weight is 418 g/mol. The van der Waals surface area contributed by atoms with Crippen LogP contribution in [0.25, 0.3) is 10.6 Å². The third-order valence-corrected chi connectivity index (χ3v) is 5.63. The van der Waals surface area contributed by atoms with Gasteiger partial charge < -0.3 is 15.0 Å². The zero-order chi connectivity index (χ0) is 21.2. The molecule has 1 fully saturated rings. The van der Waals surface area contributed by atoms with E-state index in [1.54, 1.807) is 21.7 Å². The summed E-state index contributed by atoms with van der Waals surface area (Å²) < 4.78 is 7.07. The van der Waals surface area contributed by atoms with E-state index in [2.05, 4.69) is 22.0 Å². The number of allylic oxidation sites excluding steroid dienone is 1. The molecular weight excluding hydrogens is 390 g/mol. The van der Waals surface area contributed by atoms with Crippen molar-refractivity contribution in [3.8, 4) is 10.6 Å². The fourth-order valence-electron chi connectivity index (χ4n) is 2.87. The molecule has 0 unspecified atom stereocenters. The molecule has 0 atom stereocenters. The highest BCUT2D eigenvalue weighted by Crippen LogP contribution is 2.34. The van der Waals surface area contributed by atoms with E-state index in [1.165, 1.54) is 11.3 Å². The average Bonchev–Trinajstić information content (AvgIpc) is 3.24. The molecule has 0 aliphatic carbocycles. The Morgan fingerprint density at radius 3 is 2.66 bits per heavy atom. The number of amides is 2. The van der Waals surface area contributed by atoms with Gasteiger partial charge in [0.15, 0.2) is 10.8 Å². The number of carbonyl (C=O) groups excluding carboxylic acids is 2. The van der Waals surface area contributed by atoms with E-state index < -0.39 is 5.41 Å². The Hall–Kier alpha value is -2.52. The molecule has 0 bridgehead atoms. The maximum absolute atomic E-state index is 12.8. The highest BCUT2D eigenvalue weighted by Gasteiger charge is 2.26. The number of anilines is 1. The van der Waals surface area contributed by atoms with Crippen molar-refractivity contribution < 1.29 is 14.3 Å². The first-order chi connectivity index (χ1) is 13.7. The van der Waals surface area contributed by atoms with Gasteiger partial charge in [0.25, 0.3) is 5.91 Å². The summed E-state index contributed by atoms with van der Waals surface area (Å²) in [5.41, 5.74) is 1.43. The van der Waals surface area contributed by atoms with Crippen LogP contribution in [0.1, 0.15) is 37.0 Å². The Labute approximate surface area is 174 Å². The molecule has 1 N–H and O–H groups in total. The molecular formula is C20H27N5O3S. The summed E-state index contributed by atoms with van der Waals surface area (Å²) in [6.45, 7) is 13.9. The van der Waals surface area contributed by atoms with Gasteiger partial charge in [0.05, 0.1) is 36.0 Å². The van der Waals surface area contributed by atoms with E-state index in [4.69, 9.17) is 4.74 Å². The Morgan fingerprint density at radius 1 is 1.34 bits per heavy atom. The first kappa shape index (κ1) is 21.2. The molecule has 1 saturated heterocycles. The molecule has 9 heteroatoms. The molecule has 0 aromatic carbocycles. The zero-order valence-electron chi connectivity index (χ0n) is 17.3. The van der Waals surface area contributed by atoms with Crippen LogP contribution in [0.15, 0.2) is 18.7 Å². The third-order valence-electron chi connectivity index (χ3n) is 4.53. The van der Waals surface area contributed by atoms with Crippen molar-refractivity contribution in [3.63, 3.8) is 0 Å². The standard InChI is InChI=1S/C20H27N5O3S/c1-6-7-25-15(12-14(23-25)17(26)24-8-10-28-11-9-24)16-13(2)21-19(29-16)22-18(27)20(3,4)5/h6,12H,1,7-11H2,2-5H3,(H,21,22,27). The van der Waals surface area contributed by atoms with Crippen LogP contribution in [0.3, 0.4) is 0 Å². The normalized spacial score (nSPS) is 14.7. The number of nitrogens with one attached hydrogen (secondary N) is 1. The number of thiazole rings is 1. The van der Waals surface area contributed by atoms with Gasteiger partial charge in [0, 0.05) is 18.5 Å². The van der Waals surface area contributed by atoms with E-state index in [0.29, 0.717) is 43.7 Å². The SMILES string of the molecule is C=CCn1nc(C(=O)N2CCOCC2)cc1-c1sc(NC(=O)C(C)(C)C)nc1C. The largest absolute Gasteiger partial charge is 0.378 e. The number of nitrogens with zero attached hydrogens (tertiary/aromatic N) is 4. The van der Waals surface area contributed by atoms with Gasteiger partial charge in [-0.25, -0.2) is 4.98 Å². The second-order valence-electron chi connectivity index (χ2n) is 7.93. The lowest BCUT2D eigenvalue weighted by atomic mass is 9.96. The lowest BCUT2D eigenvalue weighted by molar-refractivity contribution is -0.123. The number of rotatable bonds is 5. The molecule has 29 heavy (non-hydrogen) atoms. The molecule has 156 valence electrons. The Morgan fingerprint density at radius 2 is 2.03 bits per heavy atom. The summed E-state index contributed by atoms with van der Waals surface area (Å²) in [4.78, 5) is 32.3. The van der Waals surface area contributed by atoms with Gasteiger partial charge in [-0.1, -0.05) is 38.2 Å². The fourth-order valence-corrected chi connectivity index (χ4v) is 3.85. The van der Waals surface area contributed by atoms with Gasteiger partial charge >= 0.3 is 0 Å². The van der Waals surface area contributed by atoms with Crippen molar-refractivity contribution in [2.75, 3.05) is 31.6 Å². The van der Waals surface area contributed by atoms with Crippen LogP contribution in [0.4, 0.5) is 5.13 Å². The maximum Gasteiger partial charge on any atom is 0.274 e. The molecule has 0 saturated carbocycles. The van der Waals surface area contributed by atoms with Gasteiger partial charge in [-0.3, -0.25) is 14.3 Å². The number of ether oxygens (including phenoxy) is 1. The summed E-state index contributed by atoms with van der Waals surface area (Å²) >= 11 is 1.37. The second-order valence-corrected chi connectivity index (χ2v) is 8.93. The summed E-state index contributed by atoms with van der Waals surface area (Å²) in [5.74, 6) is -0.207. The lowest BCUT2D eigenvalue weighted by Gasteiger charge is -2.25. The third kappa shape index (κ3) is 4.73. The minimum Gasteiger partial charge on any atom is -0.378 e. The lowest BCUT2D eigenvalue weighted by Crippen LogP contribution is -2.40. The van der Waals surface area contributed by atoms with Crippen molar-refractivity contribution in [3.05, 3.63) is 30.1 Å². The quantitative estimate of drug-likeness (QED) is 0.756. The predicted octanol–water partition coefficient (Wildman–Crippen LogP) is 2.96. The number of aromatic nitrogens is 3. The molecule has 2 aromatic heterocycles. The van der Waals surface area contributed by atoms with Crippen LogP contribution in [-0.4, -0.2) is 57.8 Å². The molecule has 3 rings (SSSR count). The summed E-state index contributed by atoms with van der Waals surface area (Å²) in [7, 11) is 0. The van der Waals surface area contributed by atoms with Gasteiger partial charge in [-0.05, 0) is 13.0 Å². The minimum absolute atomic E-state index is 0.0967. The maximum atomic E-state index is 12.8. The van der Waals surface area contributed by atoms with Crippen LogP contribution >= 0.6 is 11.3 Å². The summed E-state index contributed by atoms with van der Waals surface area (Å²) in [6, 6.07) is 1.79. The predicted molar refractivity (Wildman–Crippen MR) is 113 cm³/mol. The van der Waals surface area contributed by atoms with E-state index in [9.17, 15) is 9.59 Å². The van der Waals surface area contributed by atoms with Gasteiger partial charge in [0.1, 0.15) is 0 Å². The minimum atomic E-state index is -0.512. The molecule has 0 radical (unpaired) electrons. The van der Waals surface area contributed by atoms with E-state index >= 15 is 0 Å². The number of hydrogen-bond acceptors (Lipinski definition) is 6. The van der Waals surface area contributed by atoms with Crippen molar-refractivity contribution in [1.82, 2.24) is 19.7 Å². The molecule has 1 aliphatic heterocycles. The van der Waals surface area contributed by atoms with Crippen molar-refractivity contribution in [1.29, 1.82) is 0 Å². The van der Waals surface area contributed by atoms with Crippen LogP contribution in [-0.2, 0) is 16.1 Å². The van der Waals surface area contributed by atoms with Gasteiger partial charge in [-0.15, -0.1) is 6.58 Å². The molecule has 3 heterocycles. The molecule has 1 aliphatic rings. The van der Waals surface area contributed by atoms with Crippen LogP contribution in [0.2, 0.25) is 0 Å². The topological polar surface area (TPSA) is 89.4 Å². The van der Waals surface area contributed by atoms with Gasteiger partial charge in [0.2, 0.25) is 5.91 Å². The monoisotopic (exact) mass is 417 g/mol. The van der Waals surface area contributed by atoms with Crippen molar-refractivity contribution in [2.24, 2.45) is 5.41 Å². The van der Waals surface area contributed by atoms with Crippen molar-refractivity contribution in [2.45, 2.75) is 34.2 Å². The van der Waals surface area contributed by atoms with Crippen molar-refractivity contribution >= 4 is 28.3 Å². The van der Waals surface area contributed by atoms with E-state index in [0.717, 1.165) is 16.3 Å². The highest BCUT2D eigenvalue weighted by atomic mass is 32.1. The summed E-state index contributed by atoms with van der Waals surface area (Å²) in [6.07, 6.45) is 1.73. The Balaban J connectivity index is 1.91. The van der Waals surface area contributed by atoms with E-state index in [1.807, 2.05) is 27.7 Å². The van der Waals surface area contributed by atoms with Crippen LogP contribution in [0, 0.1) is 12.3 Å². The fraction of sp³-hybridized carbons (Fsp3) is 0.500. The van der Waals surface area contributed by atoms with E-state index in [-0.39, 0.29) is 11.8 Å². The Kier molecular flexibility index (Phi) is 6.18.